The van der Waals surface area contributed by atoms with Crippen molar-refractivity contribution in [3.8, 4) is 11.8 Å². The van der Waals surface area contributed by atoms with Gasteiger partial charge in [0, 0.05) is 64.2 Å². The molecule has 2 saturated carbocycles. The van der Waals surface area contributed by atoms with Crippen LogP contribution in [0, 0.1) is 35.5 Å². The fourth-order valence-corrected chi connectivity index (χ4v) is 7.23. The number of rotatable bonds is 10. The zero-order chi connectivity index (χ0) is 34.9. The van der Waals surface area contributed by atoms with E-state index in [0.29, 0.717) is 77.3 Å². The predicted molar refractivity (Wildman–Crippen MR) is 191 cm³/mol. The Labute approximate surface area is 308 Å². The molecule has 6 N–H and O–H groups in total. The normalized spacial score (nSPS) is 26.6. The molecule has 2 aliphatic carbocycles. The zero-order valence-electron chi connectivity index (χ0n) is 29.6. The molecule has 0 spiro atoms. The first kappa shape index (κ1) is 43.9. The van der Waals surface area contributed by atoms with Gasteiger partial charge in [-0.15, -0.1) is 24.8 Å². The third-order valence-corrected chi connectivity index (χ3v) is 10.6. The Morgan fingerprint density at radius 3 is 1.14 bits per heavy atom. The highest BCUT2D eigenvalue weighted by Crippen LogP contribution is 2.31. The summed E-state index contributed by atoms with van der Waals surface area (Å²) in [5.41, 5.74) is 11.5. The van der Waals surface area contributed by atoms with Crippen LogP contribution in [-0.2, 0) is 28.7 Å². The van der Waals surface area contributed by atoms with Crippen LogP contribution < -0.4 is 11.5 Å². The molecule has 0 radical (unpaired) electrons. The van der Waals surface area contributed by atoms with Crippen LogP contribution in [0.4, 0.5) is 0 Å². The van der Waals surface area contributed by atoms with Gasteiger partial charge in [0.05, 0.1) is 0 Å². The Hall–Kier alpha value is -2.22. The molecular formula is C34H58Cl2N6O8. The lowest BCUT2D eigenvalue weighted by atomic mass is 9.81. The summed E-state index contributed by atoms with van der Waals surface area (Å²) in [6.07, 6.45) is 7.27. The molecule has 0 aromatic heterocycles. The molecule has 2 atom stereocenters. The molecule has 2 aliphatic heterocycles. The second kappa shape index (κ2) is 20.1. The second-order valence-corrected chi connectivity index (χ2v) is 14.0. The lowest BCUT2D eigenvalue weighted by molar-refractivity contribution is -0.206. The Balaban J connectivity index is 0.00000433. The molecule has 2 heterocycles. The molecule has 2 saturated heterocycles. The number of carbonyl (C=O) groups excluding carboxylic acids is 4. The molecule has 4 amide bonds. The van der Waals surface area contributed by atoms with E-state index in [1.54, 1.807) is 9.80 Å². The molecule has 0 bridgehead atoms. The number of nitrogens with zero attached hydrogens (tertiary/aromatic N) is 4. The van der Waals surface area contributed by atoms with Crippen LogP contribution in [-0.4, -0.2) is 144 Å². The van der Waals surface area contributed by atoms with Crippen molar-refractivity contribution in [1.29, 1.82) is 0 Å². The van der Waals surface area contributed by atoms with Crippen LogP contribution in [0.5, 0.6) is 0 Å². The summed E-state index contributed by atoms with van der Waals surface area (Å²) in [5, 5.41) is 21.4. The van der Waals surface area contributed by atoms with Crippen molar-refractivity contribution in [3.63, 3.8) is 0 Å². The summed E-state index contributed by atoms with van der Waals surface area (Å²) in [5.74, 6) is 1.10. The smallest absolute Gasteiger partial charge is 0.282 e. The maximum absolute atomic E-state index is 13.0. The van der Waals surface area contributed by atoms with Crippen LogP contribution in [0.3, 0.4) is 0 Å². The maximum Gasteiger partial charge on any atom is 0.282 e. The number of hydrogen-bond acceptors (Lipinski definition) is 10. The number of nitrogens with two attached hydrogens (primary N) is 2. The lowest BCUT2D eigenvalue weighted by Gasteiger charge is -2.39. The molecular weight excluding hydrogens is 691 g/mol. The third-order valence-electron chi connectivity index (χ3n) is 10.6. The minimum atomic E-state index is -2.11. The van der Waals surface area contributed by atoms with Crippen molar-refractivity contribution in [3.05, 3.63) is 0 Å². The highest BCUT2D eigenvalue weighted by Gasteiger charge is 2.40. The molecule has 4 rings (SSSR count). The maximum atomic E-state index is 13.0. The Bertz CT molecular complexity index is 1090. The highest BCUT2D eigenvalue weighted by molar-refractivity contribution is 5.86. The minimum Gasteiger partial charge on any atom is -0.358 e. The van der Waals surface area contributed by atoms with E-state index in [9.17, 15) is 29.4 Å². The fourth-order valence-electron chi connectivity index (χ4n) is 7.23. The first-order valence-corrected chi connectivity index (χ1v) is 17.6. The number of hydrogen-bond donors (Lipinski definition) is 4. The van der Waals surface area contributed by atoms with Crippen LogP contribution >= 0.6 is 24.8 Å². The molecule has 0 aromatic rings. The molecule has 4 fully saturated rings. The minimum absolute atomic E-state index is 0. The van der Waals surface area contributed by atoms with E-state index < -0.39 is 23.4 Å². The van der Waals surface area contributed by atoms with E-state index in [4.69, 9.17) is 20.9 Å². The Morgan fingerprint density at radius 2 is 0.860 bits per heavy atom. The summed E-state index contributed by atoms with van der Waals surface area (Å²) in [4.78, 5) is 58.4. The second-order valence-electron chi connectivity index (χ2n) is 14.0. The molecule has 4 aliphatic rings. The topological polar surface area (TPSA) is 192 Å². The average Bonchev–Trinajstić information content (AvgIpc) is 3.12. The van der Waals surface area contributed by atoms with E-state index in [1.165, 1.54) is 23.6 Å². The summed E-state index contributed by atoms with van der Waals surface area (Å²) >= 11 is 0. The van der Waals surface area contributed by atoms with Gasteiger partial charge in [0.15, 0.2) is 0 Å². The van der Waals surface area contributed by atoms with Crippen molar-refractivity contribution in [2.24, 2.45) is 35.1 Å². The largest absolute Gasteiger partial charge is 0.358 e. The van der Waals surface area contributed by atoms with E-state index in [-0.39, 0.29) is 61.7 Å². The first-order valence-electron chi connectivity index (χ1n) is 17.6. The van der Waals surface area contributed by atoms with Gasteiger partial charge in [-0.3, -0.25) is 19.2 Å². The fraction of sp³-hybridized carbons (Fsp3) is 0.824. The number of piperazine rings is 2. The molecule has 16 heteroatoms. The third kappa shape index (κ3) is 11.6. The van der Waals surface area contributed by atoms with Gasteiger partial charge in [-0.05, 0) is 90.1 Å². The van der Waals surface area contributed by atoms with E-state index in [0.717, 1.165) is 51.4 Å². The van der Waals surface area contributed by atoms with Crippen molar-refractivity contribution in [2.45, 2.75) is 76.8 Å². The molecule has 2 unspecified atom stereocenters. The highest BCUT2D eigenvalue weighted by atomic mass is 35.5. The number of carbonyl (C=O) groups is 4. The van der Waals surface area contributed by atoms with Gasteiger partial charge in [0.2, 0.25) is 23.4 Å². The molecule has 50 heavy (non-hydrogen) atoms. The van der Waals surface area contributed by atoms with Gasteiger partial charge in [-0.2, -0.15) is 0 Å². The van der Waals surface area contributed by atoms with Crippen LogP contribution in [0.2, 0.25) is 0 Å². The van der Waals surface area contributed by atoms with Gasteiger partial charge in [-0.1, -0.05) is 11.8 Å². The van der Waals surface area contributed by atoms with Gasteiger partial charge >= 0.3 is 0 Å². The standard InChI is InChI=1S/C34H56N6O8.2ClH/c1-33(45,31(43)39-17-13-37(14-18-39)29(41)27-9-5-25(23-35)6-10-27)47-21-3-4-22-48-34(2,46)32(44)40-19-15-38(16-20-40)30(42)28-11-7-26(24-36)8-12-28;;/h25-28,45-46H,5-24,35-36H2,1-2H3;2*1H. The summed E-state index contributed by atoms with van der Waals surface area (Å²) in [6.45, 7) is 6.05. The lowest BCUT2D eigenvalue weighted by Crippen LogP contribution is -2.57. The molecule has 0 aromatic carbocycles. The number of amides is 4. The van der Waals surface area contributed by atoms with E-state index in [2.05, 4.69) is 11.8 Å². The Kier molecular flexibility index (Phi) is 17.7. The monoisotopic (exact) mass is 748 g/mol. The molecule has 14 nitrogen and oxygen atoms in total. The number of aliphatic hydroxyl groups is 2. The van der Waals surface area contributed by atoms with E-state index >= 15 is 0 Å². The van der Waals surface area contributed by atoms with Gasteiger partial charge in [-0.25, -0.2) is 0 Å². The average molecular weight is 750 g/mol. The first-order chi connectivity index (χ1) is 22.9. The van der Waals surface area contributed by atoms with Crippen molar-refractivity contribution in [1.82, 2.24) is 19.6 Å². The number of halogens is 2. The predicted octanol–water partition coefficient (Wildman–Crippen LogP) is 0.155. The summed E-state index contributed by atoms with van der Waals surface area (Å²) in [6, 6.07) is 0. The van der Waals surface area contributed by atoms with Crippen molar-refractivity contribution < 1.29 is 38.9 Å². The SMILES string of the molecule is CC(O)(OCC#CCOC(C)(O)C(=O)N1CCN(C(=O)C2CCC(CN)CC2)CC1)C(=O)N1CCN(C(=O)C2CCC(CN)CC2)CC1.Cl.Cl. The van der Waals surface area contributed by atoms with E-state index in [1.807, 2.05) is 0 Å². The van der Waals surface area contributed by atoms with Crippen LogP contribution in [0.15, 0.2) is 0 Å². The Morgan fingerprint density at radius 1 is 0.580 bits per heavy atom. The summed E-state index contributed by atoms with van der Waals surface area (Å²) in [7, 11) is 0. The number of ether oxygens (including phenoxy) is 2. The van der Waals surface area contributed by atoms with Gasteiger partial charge < -0.3 is 50.8 Å². The summed E-state index contributed by atoms with van der Waals surface area (Å²) < 4.78 is 10.7. The zero-order valence-corrected chi connectivity index (χ0v) is 31.2. The van der Waals surface area contributed by atoms with Gasteiger partial charge in [0.25, 0.3) is 11.8 Å². The quantitative estimate of drug-likeness (QED) is 0.177. The molecule has 286 valence electrons. The van der Waals surface area contributed by atoms with Crippen LogP contribution in [0.25, 0.3) is 0 Å². The van der Waals surface area contributed by atoms with Crippen LogP contribution in [0.1, 0.15) is 65.2 Å². The van der Waals surface area contributed by atoms with Gasteiger partial charge in [0.1, 0.15) is 13.2 Å². The van der Waals surface area contributed by atoms with Crippen molar-refractivity contribution in [2.75, 3.05) is 78.7 Å². The van der Waals surface area contributed by atoms with Crippen molar-refractivity contribution >= 4 is 48.4 Å².